The van der Waals surface area contributed by atoms with E-state index in [1.54, 1.807) is 6.07 Å². The quantitative estimate of drug-likeness (QED) is 0.831. The maximum Gasteiger partial charge on any atom is 0.175 e. The van der Waals surface area contributed by atoms with E-state index in [9.17, 15) is 9.90 Å². The number of hydrogen-bond donors (Lipinski definition) is 1. The fourth-order valence-electron chi connectivity index (χ4n) is 0.955. The molecule has 0 atom stereocenters. The molecule has 1 aromatic rings. The van der Waals surface area contributed by atoms with Crippen LogP contribution in [0.5, 0.6) is 11.5 Å². The summed E-state index contributed by atoms with van der Waals surface area (Å²) in [5, 5.41) is 9.42. The van der Waals surface area contributed by atoms with Gasteiger partial charge in [0.2, 0.25) is 0 Å². The molecule has 3 nitrogen and oxygen atoms in total. The van der Waals surface area contributed by atoms with Crippen LogP contribution in [0.25, 0.3) is 0 Å². The molecule has 4 heteroatoms. The Morgan fingerprint density at radius 1 is 1.62 bits per heavy atom. The zero-order valence-electron chi connectivity index (χ0n) is 7.08. The van der Waals surface area contributed by atoms with E-state index in [0.29, 0.717) is 28.7 Å². The maximum absolute atomic E-state index is 10.4. The number of hydrogen-bond acceptors (Lipinski definition) is 3. The number of carbonyl (C=O) groups excluding carboxylic acids is 1. The number of benzene rings is 1. The highest BCUT2D eigenvalue weighted by Crippen LogP contribution is 2.35. The van der Waals surface area contributed by atoms with Crippen LogP contribution >= 0.6 is 15.9 Å². The molecule has 1 aromatic carbocycles. The summed E-state index contributed by atoms with van der Waals surface area (Å²) < 4.78 is 5.73. The molecule has 0 fully saturated rings. The average Bonchev–Trinajstić information content (AvgIpc) is 2.11. The second-order valence-corrected chi connectivity index (χ2v) is 3.26. The molecule has 0 aliphatic rings. The lowest BCUT2D eigenvalue weighted by Crippen LogP contribution is -1.94. The van der Waals surface area contributed by atoms with Gasteiger partial charge in [0.15, 0.2) is 11.5 Å². The van der Waals surface area contributed by atoms with Crippen molar-refractivity contribution in [1.82, 2.24) is 0 Å². The van der Waals surface area contributed by atoms with E-state index >= 15 is 0 Å². The Labute approximate surface area is 84.5 Å². The lowest BCUT2D eigenvalue weighted by atomic mass is 10.2. The first-order valence-corrected chi connectivity index (χ1v) is 4.58. The number of rotatable bonds is 3. The standard InChI is InChI=1S/C9H9BrO3/c1-2-13-9-7(10)3-6(5-11)4-8(9)12/h3-5,12H,2H2,1H3. The lowest BCUT2D eigenvalue weighted by molar-refractivity contribution is 0.112. The molecule has 0 saturated carbocycles. The van der Waals surface area contributed by atoms with Gasteiger partial charge in [-0.1, -0.05) is 0 Å². The van der Waals surface area contributed by atoms with Crippen molar-refractivity contribution in [1.29, 1.82) is 0 Å². The first kappa shape index (κ1) is 10.1. The maximum atomic E-state index is 10.4. The minimum atomic E-state index is -0.0293. The molecular formula is C9H9BrO3. The van der Waals surface area contributed by atoms with Gasteiger partial charge in [-0.3, -0.25) is 4.79 Å². The third kappa shape index (κ3) is 2.21. The molecule has 0 aromatic heterocycles. The summed E-state index contributed by atoms with van der Waals surface area (Å²) in [6.45, 7) is 2.28. The Balaban J connectivity index is 3.14. The first-order chi connectivity index (χ1) is 6.19. The van der Waals surface area contributed by atoms with Crippen molar-refractivity contribution in [2.24, 2.45) is 0 Å². The number of aldehydes is 1. The third-order valence-electron chi connectivity index (χ3n) is 1.47. The van der Waals surface area contributed by atoms with Crippen molar-refractivity contribution < 1.29 is 14.6 Å². The summed E-state index contributed by atoms with van der Waals surface area (Å²) in [5.41, 5.74) is 0.410. The van der Waals surface area contributed by atoms with Crippen LogP contribution in [0, 0.1) is 0 Å². The molecule has 0 amide bonds. The molecule has 1 N–H and O–H groups in total. The molecule has 13 heavy (non-hydrogen) atoms. The second-order valence-electron chi connectivity index (χ2n) is 2.40. The lowest BCUT2D eigenvalue weighted by Gasteiger charge is -2.08. The zero-order valence-corrected chi connectivity index (χ0v) is 8.67. The van der Waals surface area contributed by atoms with Crippen LogP contribution in [0.3, 0.4) is 0 Å². The van der Waals surface area contributed by atoms with Crippen molar-refractivity contribution in [2.45, 2.75) is 6.92 Å². The summed E-state index contributed by atoms with van der Waals surface area (Å²) in [7, 11) is 0. The van der Waals surface area contributed by atoms with Gasteiger partial charge in [-0.25, -0.2) is 0 Å². The van der Waals surface area contributed by atoms with Crippen molar-refractivity contribution >= 4 is 22.2 Å². The number of phenols is 1. The zero-order chi connectivity index (χ0) is 9.84. The van der Waals surface area contributed by atoms with Crippen LogP contribution in [0.15, 0.2) is 16.6 Å². The molecule has 0 saturated heterocycles. The monoisotopic (exact) mass is 244 g/mol. The number of phenolic OH excluding ortho intramolecular Hbond substituents is 1. The van der Waals surface area contributed by atoms with Crippen molar-refractivity contribution in [2.75, 3.05) is 6.61 Å². The van der Waals surface area contributed by atoms with Crippen LogP contribution in [0.2, 0.25) is 0 Å². The normalized spacial score (nSPS) is 9.69. The average molecular weight is 245 g/mol. The van der Waals surface area contributed by atoms with E-state index in [1.165, 1.54) is 6.07 Å². The van der Waals surface area contributed by atoms with Gasteiger partial charge in [-0.05, 0) is 35.0 Å². The molecule has 70 valence electrons. The van der Waals surface area contributed by atoms with E-state index in [2.05, 4.69) is 15.9 Å². The Bertz CT molecular complexity index is 300. The fourth-order valence-corrected chi connectivity index (χ4v) is 1.54. The van der Waals surface area contributed by atoms with Gasteiger partial charge < -0.3 is 9.84 Å². The van der Waals surface area contributed by atoms with Gasteiger partial charge >= 0.3 is 0 Å². The van der Waals surface area contributed by atoms with Gasteiger partial charge in [-0.15, -0.1) is 0 Å². The van der Waals surface area contributed by atoms with E-state index in [-0.39, 0.29) is 5.75 Å². The van der Waals surface area contributed by atoms with E-state index < -0.39 is 0 Å². The molecule has 0 aliphatic heterocycles. The summed E-state index contributed by atoms with van der Waals surface area (Å²) >= 11 is 3.20. The van der Waals surface area contributed by atoms with Gasteiger partial charge in [0, 0.05) is 5.56 Å². The second kappa shape index (κ2) is 4.28. The highest BCUT2D eigenvalue weighted by atomic mass is 79.9. The molecule has 0 radical (unpaired) electrons. The topological polar surface area (TPSA) is 46.5 Å². The summed E-state index contributed by atoms with van der Waals surface area (Å²) in [6.07, 6.45) is 0.667. The van der Waals surface area contributed by atoms with Gasteiger partial charge in [0.1, 0.15) is 6.29 Å². The molecule has 1 rings (SSSR count). The van der Waals surface area contributed by atoms with Crippen molar-refractivity contribution in [3.8, 4) is 11.5 Å². The molecule has 0 heterocycles. The summed E-state index contributed by atoms with van der Waals surface area (Å²) in [6, 6.07) is 2.96. The van der Waals surface area contributed by atoms with Crippen LogP contribution < -0.4 is 4.74 Å². The Morgan fingerprint density at radius 3 is 2.77 bits per heavy atom. The summed E-state index contributed by atoms with van der Waals surface area (Å²) in [5.74, 6) is 0.339. The van der Waals surface area contributed by atoms with Crippen LogP contribution in [0.4, 0.5) is 0 Å². The Morgan fingerprint density at radius 2 is 2.31 bits per heavy atom. The van der Waals surface area contributed by atoms with Gasteiger partial charge in [-0.2, -0.15) is 0 Å². The highest BCUT2D eigenvalue weighted by Gasteiger charge is 2.08. The molecule has 0 unspecified atom stereocenters. The Kier molecular flexibility index (Phi) is 3.31. The highest BCUT2D eigenvalue weighted by molar-refractivity contribution is 9.10. The number of ether oxygens (including phenoxy) is 1. The van der Waals surface area contributed by atoms with Crippen molar-refractivity contribution in [3.05, 3.63) is 22.2 Å². The minimum absolute atomic E-state index is 0.0293. The minimum Gasteiger partial charge on any atom is -0.504 e. The largest absolute Gasteiger partial charge is 0.504 e. The smallest absolute Gasteiger partial charge is 0.175 e. The molecular weight excluding hydrogens is 236 g/mol. The molecule has 0 spiro atoms. The third-order valence-corrected chi connectivity index (χ3v) is 2.06. The molecule has 0 aliphatic carbocycles. The van der Waals surface area contributed by atoms with Crippen LogP contribution in [0.1, 0.15) is 17.3 Å². The van der Waals surface area contributed by atoms with Crippen LogP contribution in [-0.4, -0.2) is 18.0 Å². The van der Waals surface area contributed by atoms with Crippen molar-refractivity contribution in [3.63, 3.8) is 0 Å². The summed E-state index contributed by atoms with van der Waals surface area (Å²) in [4.78, 5) is 10.4. The SMILES string of the molecule is CCOc1c(O)cc(C=O)cc1Br. The Hall–Kier alpha value is -1.03. The molecule has 0 bridgehead atoms. The van der Waals surface area contributed by atoms with E-state index in [0.717, 1.165) is 0 Å². The fraction of sp³-hybridized carbons (Fsp3) is 0.222. The number of carbonyl (C=O) groups is 1. The van der Waals surface area contributed by atoms with E-state index in [4.69, 9.17) is 4.74 Å². The van der Waals surface area contributed by atoms with E-state index in [1.807, 2.05) is 6.92 Å². The van der Waals surface area contributed by atoms with Crippen LogP contribution in [-0.2, 0) is 0 Å². The number of halogens is 1. The van der Waals surface area contributed by atoms with Gasteiger partial charge in [0.05, 0.1) is 11.1 Å². The number of aromatic hydroxyl groups is 1. The van der Waals surface area contributed by atoms with Gasteiger partial charge in [0.25, 0.3) is 0 Å². The first-order valence-electron chi connectivity index (χ1n) is 3.79. The predicted molar refractivity (Wildman–Crippen MR) is 52.4 cm³/mol. The predicted octanol–water partition coefficient (Wildman–Crippen LogP) is 2.37.